The van der Waals surface area contributed by atoms with Gasteiger partial charge in [0.15, 0.2) is 0 Å². The summed E-state index contributed by atoms with van der Waals surface area (Å²) in [5.74, 6) is 0.400. The number of anilines is 2. The third-order valence-electron chi connectivity index (χ3n) is 5.72. The molecule has 0 amide bonds. The molecule has 3 aromatic carbocycles. The van der Waals surface area contributed by atoms with Crippen molar-refractivity contribution < 1.29 is 4.42 Å². The lowest BCUT2D eigenvalue weighted by molar-refractivity contribution is 0.671. The van der Waals surface area contributed by atoms with E-state index < -0.39 is 0 Å². The van der Waals surface area contributed by atoms with Gasteiger partial charge in [-0.25, -0.2) is 0 Å². The third kappa shape index (κ3) is 2.06. The lowest BCUT2D eigenvalue weighted by atomic mass is 9.91. The van der Waals surface area contributed by atoms with Gasteiger partial charge in [0.2, 0.25) is 0 Å². The minimum absolute atomic E-state index is 0.314. The van der Waals surface area contributed by atoms with Crippen LogP contribution in [0.4, 0.5) is 11.4 Å². The monoisotopic (exact) mass is 362 g/mol. The Bertz CT molecular complexity index is 1270. The molecule has 0 saturated heterocycles. The smallest absolute Gasteiger partial charge is 0.135 e. The zero-order chi connectivity index (χ0) is 18.0. The Morgan fingerprint density at radius 1 is 0.852 bits per heavy atom. The molecule has 2 atom stereocenters. The molecule has 3 radical (unpaired) electrons. The first-order valence-corrected chi connectivity index (χ1v) is 9.71. The van der Waals surface area contributed by atoms with Crippen LogP contribution in [0.3, 0.4) is 0 Å². The molecular weight excluding hydrogens is 346 g/mol. The molecule has 127 valence electrons. The molecule has 0 fully saturated rings. The highest BCUT2D eigenvalue weighted by atomic mass is 28.1. The second-order valence-corrected chi connectivity index (χ2v) is 7.72. The Morgan fingerprint density at radius 2 is 1.74 bits per heavy atom. The number of benzene rings is 3. The SMILES string of the molecule is [Si]c1cccc2c1oc1ccc(N3c4ccccc4C4C=CC=CC43)cc12. The Kier molecular flexibility index (Phi) is 3.05. The number of hydrogen-bond acceptors (Lipinski definition) is 2. The summed E-state index contributed by atoms with van der Waals surface area (Å²) in [5.41, 5.74) is 5.70. The minimum atomic E-state index is 0.314. The molecule has 3 heteroatoms. The van der Waals surface area contributed by atoms with E-state index in [1.54, 1.807) is 0 Å². The molecule has 2 nitrogen and oxygen atoms in total. The van der Waals surface area contributed by atoms with Crippen molar-refractivity contribution in [3.8, 4) is 0 Å². The highest BCUT2D eigenvalue weighted by Gasteiger charge is 2.37. The maximum Gasteiger partial charge on any atom is 0.135 e. The van der Waals surface area contributed by atoms with E-state index in [2.05, 4.69) is 94.0 Å². The molecule has 6 rings (SSSR count). The summed E-state index contributed by atoms with van der Waals surface area (Å²) in [5, 5.41) is 3.28. The van der Waals surface area contributed by atoms with Crippen molar-refractivity contribution >= 4 is 48.7 Å². The number of fused-ring (bicyclic) bond motifs is 6. The van der Waals surface area contributed by atoms with Crippen molar-refractivity contribution in [1.82, 2.24) is 0 Å². The largest absolute Gasteiger partial charge is 0.456 e. The Labute approximate surface area is 160 Å². The second kappa shape index (κ2) is 5.48. The maximum absolute atomic E-state index is 6.08. The van der Waals surface area contributed by atoms with Crippen molar-refractivity contribution in [3.05, 3.63) is 90.5 Å². The first-order valence-electron chi connectivity index (χ1n) is 9.21. The molecule has 2 heterocycles. The first kappa shape index (κ1) is 15.1. The quantitative estimate of drug-likeness (QED) is 0.438. The van der Waals surface area contributed by atoms with Gasteiger partial charge >= 0.3 is 0 Å². The highest BCUT2D eigenvalue weighted by molar-refractivity contribution is 6.39. The van der Waals surface area contributed by atoms with Crippen LogP contribution in [0.5, 0.6) is 0 Å². The van der Waals surface area contributed by atoms with Crippen molar-refractivity contribution in [2.45, 2.75) is 12.0 Å². The van der Waals surface area contributed by atoms with Crippen LogP contribution in [0.15, 0.2) is 89.4 Å². The molecule has 2 unspecified atom stereocenters. The summed E-state index contributed by atoms with van der Waals surface area (Å²) in [7, 11) is 3.66. The van der Waals surface area contributed by atoms with E-state index in [1.165, 1.54) is 16.9 Å². The van der Waals surface area contributed by atoms with Crippen LogP contribution in [0.25, 0.3) is 21.9 Å². The summed E-state index contributed by atoms with van der Waals surface area (Å²) in [4.78, 5) is 2.45. The van der Waals surface area contributed by atoms with Crippen LogP contribution in [0, 0.1) is 0 Å². The molecule has 1 aliphatic carbocycles. The van der Waals surface area contributed by atoms with E-state index in [9.17, 15) is 0 Å². The van der Waals surface area contributed by atoms with Crippen molar-refractivity contribution in [3.63, 3.8) is 0 Å². The fourth-order valence-corrected chi connectivity index (χ4v) is 4.81. The number of furan rings is 1. The van der Waals surface area contributed by atoms with Crippen LogP contribution in [-0.4, -0.2) is 16.3 Å². The molecule has 0 spiro atoms. The average Bonchev–Trinajstić information content (AvgIpc) is 3.24. The van der Waals surface area contributed by atoms with Crippen molar-refractivity contribution in [2.75, 3.05) is 4.90 Å². The Balaban J connectivity index is 1.59. The number of nitrogens with zero attached hydrogens (tertiary/aromatic N) is 1. The van der Waals surface area contributed by atoms with Gasteiger partial charge in [0.05, 0.1) is 16.3 Å². The molecule has 0 saturated carbocycles. The zero-order valence-electron chi connectivity index (χ0n) is 14.6. The van der Waals surface area contributed by atoms with Crippen molar-refractivity contribution in [1.29, 1.82) is 0 Å². The molecule has 1 aromatic heterocycles. The van der Waals surface area contributed by atoms with E-state index in [4.69, 9.17) is 4.42 Å². The van der Waals surface area contributed by atoms with Gasteiger partial charge in [-0.3, -0.25) is 0 Å². The van der Waals surface area contributed by atoms with Gasteiger partial charge < -0.3 is 9.32 Å². The predicted molar refractivity (Wildman–Crippen MR) is 112 cm³/mol. The van der Waals surface area contributed by atoms with E-state index in [-0.39, 0.29) is 0 Å². The first-order chi connectivity index (χ1) is 13.3. The average molecular weight is 362 g/mol. The summed E-state index contributed by atoms with van der Waals surface area (Å²) in [6.07, 6.45) is 8.93. The zero-order valence-corrected chi connectivity index (χ0v) is 15.6. The van der Waals surface area contributed by atoms with Gasteiger partial charge in [-0.2, -0.15) is 0 Å². The van der Waals surface area contributed by atoms with Gasteiger partial charge in [-0.15, -0.1) is 0 Å². The fourth-order valence-electron chi connectivity index (χ4n) is 4.53. The van der Waals surface area contributed by atoms with Crippen LogP contribution in [-0.2, 0) is 0 Å². The molecule has 0 N–H and O–H groups in total. The molecule has 4 aromatic rings. The molecule has 1 aliphatic heterocycles. The summed E-state index contributed by atoms with van der Waals surface area (Å²) in [6, 6.07) is 21.8. The topological polar surface area (TPSA) is 16.4 Å². The molecule has 0 bridgehead atoms. The van der Waals surface area contributed by atoms with Gasteiger partial charge in [-0.1, -0.05) is 60.7 Å². The highest BCUT2D eigenvalue weighted by Crippen LogP contribution is 2.48. The predicted octanol–water partition coefficient (Wildman–Crippen LogP) is 5.11. The number of hydrogen-bond donors (Lipinski definition) is 0. The van der Waals surface area contributed by atoms with Gasteiger partial charge in [0.25, 0.3) is 0 Å². The minimum Gasteiger partial charge on any atom is -0.456 e. The molecular formula is C24H16NOSi. The summed E-state index contributed by atoms with van der Waals surface area (Å²) in [6.45, 7) is 0. The Morgan fingerprint density at radius 3 is 2.70 bits per heavy atom. The molecule has 27 heavy (non-hydrogen) atoms. The van der Waals surface area contributed by atoms with Gasteiger partial charge in [0, 0.05) is 28.1 Å². The van der Waals surface area contributed by atoms with E-state index in [0.717, 1.165) is 27.1 Å². The van der Waals surface area contributed by atoms with Crippen LogP contribution >= 0.6 is 0 Å². The standard InChI is InChI=1S/C24H16NOSi/c27-23-11-5-8-18-19-14-15(12-13-22(19)26-24(18)23)25-20-9-3-1-6-16(20)17-7-2-4-10-21(17)25/h1-14,16,20H. The number of allylic oxidation sites excluding steroid dienone is 2. The number of rotatable bonds is 1. The van der Waals surface area contributed by atoms with Crippen LogP contribution in [0.1, 0.15) is 11.5 Å². The normalized spacial score (nSPS) is 20.4. The van der Waals surface area contributed by atoms with E-state index in [1.807, 2.05) is 6.07 Å². The van der Waals surface area contributed by atoms with Crippen LogP contribution < -0.4 is 10.1 Å². The van der Waals surface area contributed by atoms with Gasteiger partial charge in [0.1, 0.15) is 11.2 Å². The molecule has 2 aliphatic rings. The Hall–Kier alpha value is -3.04. The fraction of sp³-hybridized carbons (Fsp3) is 0.0833. The summed E-state index contributed by atoms with van der Waals surface area (Å²) < 4.78 is 6.08. The lowest BCUT2D eigenvalue weighted by Crippen LogP contribution is -2.28. The van der Waals surface area contributed by atoms with Gasteiger partial charge in [-0.05, 0) is 35.0 Å². The number of para-hydroxylation sites is 2. The summed E-state index contributed by atoms with van der Waals surface area (Å²) >= 11 is 0. The van der Waals surface area contributed by atoms with Crippen molar-refractivity contribution in [2.24, 2.45) is 0 Å². The van der Waals surface area contributed by atoms with Crippen LogP contribution in [0.2, 0.25) is 0 Å². The second-order valence-electron chi connectivity index (χ2n) is 7.18. The lowest BCUT2D eigenvalue weighted by Gasteiger charge is -2.28. The maximum atomic E-state index is 6.08. The van der Waals surface area contributed by atoms with E-state index >= 15 is 0 Å². The third-order valence-corrected chi connectivity index (χ3v) is 6.11. The van der Waals surface area contributed by atoms with E-state index in [0.29, 0.717) is 12.0 Å².